The van der Waals surface area contributed by atoms with Gasteiger partial charge in [0.05, 0.1) is 6.42 Å². The summed E-state index contributed by atoms with van der Waals surface area (Å²) in [6.07, 6.45) is 0.593. The van der Waals surface area contributed by atoms with Crippen molar-refractivity contribution in [3.8, 4) is 11.5 Å². The second-order valence-electron chi connectivity index (χ2n) is 7.21. The van der Waals surface area contributed by atoms with E-state index in [2.05, 4.69) is 10.6 Å². The number of anilines is 2. The molecule has 0 unspecified atom stereocenters. The Morgan fingerprint density at radius 3 is 2.12 bits per heavy atom. The average Bonchev–Trinajstić information content (AvgIpc) is 2.83. The second-order valence-corrected chi connectivity index (χ2v) is 7.21. The highest BCUT2D eigenvalue weighted by molar-refractivity contribution is 5.94. The first kappa shape index (κ1) is 23.5. The van der Waals surface area contributed by atoms with Crippen molar-refractivity contribution in [2.24, 2.45) is 0 Å². The summed E-state index contributed by atoms with van der Waals surface area (Å²) in [6.45, 7) is 1.59. The summed E-state index contributed by atoms with van der Waals surface area (Å²) < 4.78 is 10.7. The van der Waals surface area contributed by atoms with E-state index in [-0.39, 0.29) is 18.7 Å². The van der Waals surface area contributed by atoms with E-state index in [0.717, 1.165) is 17.7 Å². The maximum atomic E-state index is 12.1. The standard InChI is InChI=1S/C26H26N2O5/c1-2-19-8-6-7-11-23(19)28-25(30)18-32-26(31)17-16-24(29)27-20-12-14-22(15-13-20)33-21-9-4-3-5-10-21/h3-15H,2,16-18H2,1H3,(H,27,29)(H,28,30). The molecule has 0 aliphatic rings. The van der Waals surface area contributed by atoms with Crippen LogP contribution in [0.5, 0.6) is 11.5 Å². The van der Waals surface area contributed by atoms with E-state index in [1.807, 2.05) is 55.5 Å². The summed E-state index contributed by atoms with van der Waals surface area (Å²) in [4.78, 5) is 36.0. The third kappa shape index (κ3) is 7.81. The smallest absolute Gasteiger partial charge is 0.306 e. The summed E-state index contributed by atoms with van der Waals surface area (Å²) in [5.41, 5.74) is 2.27. The van der Waals surface area contributed by atoms with E-state index in [9.17, 15) is 14.4 Å². The van der Waals surface area contributed by atoms with Crippen molar-refractivity contribution in [3.63, 3.8) is 0 Å². The van der Waals surface area contributed by atoms with E-state index in [1.54, 1.807) is 30.3 Å². The first-order valence-corrected chi connectivity index (χ1v) is 10.7. The fourth-order valence-electron chi connectivity index (χ4n) is 3.03. The Hall–Kier alpha value is -4.13. The molecule has 3 aromatic rings. The van der Waals surface area contributed by atoms with Crippen molar-refractivity contribution in [1.82, 2.24) is 0 Å². The molecule has 170 valence electrons. The third-order valence-electron chi connectivity index (χ3n) is 4.71. The minimum atomic E-state index is -0.615. The van der Waals surface area contributed by atoms with Gasteiger partial charge in [-0.25, -0.2) is 0 Å². The zero-order valence-corrected chi connectivity index (χ0v) is 18.4. The summed E-state index contributed by atoms with van der Waals surface area (Å²) >= 11 is 0. The molecule has 0 saturated carbocycles. The predicted octanol–water partition coefficient (Wildman–Crippen LogP) is 4.94. The molecular weight excluding hydrogens is 420 g/mol. The van der Waals surface area contributed by atoms with Gasteiger partial charge < -0.3 is 20.1 Å². The van der Waals surface area contributed by atoms with Crippen LogP contribution in [0, 0.1) is 0 Å². The summed E-state index contributed by atoms with van der Waals surface area (Å²) in [5, 5.41) is 5.45. The number of aryl methyl sites for hydroxylation is 1. The van der Waals surface area contributed by atoms with Crippen molar-refractivity contribution in [2.45, 2.75) is 26.2 Å². The van der Waals surface area contributed by atoms with Crippen LogP contribution >= 0.6 is 0 Å². The summed E-state index contributed by atoms with van der Waals surface area (Å²) in [5.74, 6) is -0.00846. The normalized spacial score (nSPS) is 10.2. The van der Waals surface area contributed by atoms with Crippen molar-refractivity contribution >= 4 is 29.2 Å². The molecule has 0 aliphatic carbocycles. The molecule has 0 saturated heterocycles. The molecule has 3 rings (SSSR count). The molecule has 0 atom stereocenters. The second kappa shape index (κ2) is 12.0. The average molecular weight is 447 g/mol. The number of esters is 1. The van der Waals surface area contributed by atoms with Gasteiger partial charge >= 0.3 is 5.97 Å². The number of amides is 2. The molecule has 33 heavy (non-hydrogen) atoms. The van der Waals surface area contributed by atoms with Crippen LogP contribution < -0.4 is 15.4 Å². The summed E-state index contributed by atoms with van der Waals surface area (Å²) in [6, 6.07) is 23.7. The Labute approximate surface area is 192 Å². The number of rotatable bonds is 10. The quantitative estimate of drug-likeness (QED) is 0.430. The molecule has 7 nitrogen and oxygen atoms in total. The first-order chi connectivity index (χ1) is 16.0. The first-order valence-electron chi connectivity index (χ1n) is 10.7. The molecular formula is C26H26N2O5. The topological polar surface area (TPSA) is 93.7 Å². The molecule has 0 heterocycles. The van der Waals surface area contributed by atoms with Gasteiger partial charge in [0.2, 0.25) is 5.91 Å². The number of para-hydroxylation sites is 2. The van der Waals surface area contributed by atoms with Gasteiger partial charge in [0, 0.05) is 17.8 Å². The molecule has 0 aliphatic heterocycles. The number of benzene rings is 3. The van der Waals surface area contributed by atoms with E-state index < -0.39 is 18.5 Å². The minimum absolute atomic E-state index is 0.0542. The molecule has 0 spiro atoms. The van der Waals surface area contributed by atoms with Gasteiger partial charge in [-0.3, -0.25) is 14.4 Å². The van der Waals surface area contributed by atoms with Crippen molar-refractivity contribution < 1.29 is 23.9 Å². The summed E-state index contributed by atoms with van der Waals surface area (Å²) in [7, 11) is 0. The van der Waals surface area contributed by atoms with Crippen LogP contribution in [-0.4, -0.2) is 24.4 Å². The largest absolute Gasteiger partial charge is 0.457 e. The Kier molecular flexibility index (Phi) is 8.59. The molecule has 3 aromatic carbocycles. The van der Waals surface area contributed by atoms with Gasteiger partial charge in [0.1, 0.15) is 11.5 Å². The van der Waals surface area contributed by atoms with Crippen molar-refractivity contribution in [1.29, 1.82) is 0 Å². The van der Waals surface area contributed by atoms with E-state index in [1.165, 1.54) is 0 Å². The lowest BCUT2D eigenvalue weighted by Crippen LogP contribution is -2.22. The SMILES string of the molecule is CCc1ccccc1NC(=O)COC(=O)CCC(=O)Nc1ccc(Oc2ccccc2)cc1. The van der Waals surface area contributed by atoms with E-state index in [4.69, 9.17) is 9.47 Å². The van der Waals surface area contributed by atoms with E-state index in [0.29, 0.717) is 17.1 Å². The predicted molar refractivity (Wildman–Crippen MR) is 126 cm³/mol. The maximum Gasteiger partial charge on any atom is 0.306 e. The van der Waals surface area contributed by atoms with Crippen LogP contribution in [0.2, 0.25) is 0 Å². The Morgan fingerprint density at radius 2 is 1.39 bits per heavy atom. The van der Waals surface area contributed by atoms with Gasteiger partial charge in [0.15, 0.2) is 6.61 Å². The minimum Gasteiger partial charge on any atom is -0.457 e. The number of hydrogen-bond acceptors (Lipinski definition) is 5. The molecule has 0 fully saturated rings. The fourth-order valence-corrected chi connectivity index (χ4v) is 3.03. The van der Waals surface area contributed by atoms with Crippen molar-refractivity contribution in [3.05, 3.63) is 84.4 Å². The monoisotopic (exact) mass is 446 g/mol. The number of nitrogens with one attached hydrogen (secondary N) is 2. The van der Waals surface area contributed by atoms with Crippen LogP contribution in [0.15, 0.2) is 78.9 Å². The zero-order valence-electron chi connectivity index (χ0n) is 18.4. The Morgan fingerprint density at radius 1 is 0.727 bits per heavy atom. The molecule has 0 radical (unpaired) electrons. The molecule has 2 N–H and O–H groups in total. The van der Waals surface area contributed by atoms with Crippen LogP contribution in [0.3, 0.4) is 0 Å². The van der Waals surface area contributed by atoms with Crippen LogP contribution in [0.25, 0.3) is 0 Å². The zero-order chi connectivity index (χ0) is 23.5. The highest BCUT2D eigenvalue weighted by Crippen LogP contribution is 2.22. The van der Waals surface area contributed by atoms with Gasteiger partial charge in [0.25, 0.3) is 5.91 Å². The highest BCUT2D eigenvalue weighted by Gasteiger charge is 2.12. The maximum absolute atomic E-state index is 12.1. The lowest BCUT2D eigenvalue weighted by molar-refractivity contribution is -0.147. The Balaban J connectivity index is 1.37. The Bertz CT molecular complexity index is 1080. The number of hydrogen-bond donors (Lipinski definition) is 2. The lowest BCUT2D eigenvalue weighted by Gasteiger charge is -2.10. The number of carbonyl (C=O) groups excluding carboxylic acids is 3. The van der Waals surface area contributed by atoms with Crippen molar-refractivity contribution in [2.75, 3.05) is 17.2 Å². The van der Waals surface area contributed by atoms with Crippen LogP contribution in [-0.2, 0) is 25.5 Å². The number of ether oxygens (including phenoxy) is 2. The van der Waals surface area contributed by atoms with Gasteiger partial charge in [-0.15, -0.1) is 0 Å². The molecule has 2 amide bonds. The number of carbonyl (C=O) groups is 3. The molecule has 0 bridgehead atoms. The van der Waals surface area contributed by atoms with Gasteiger partial charge in [-0.1, -0.05) is 43.3 Å². The van der Waals surface area contributed by atoms with E-state index >= 15 is 0 Å². The highest BCUT2D eigenvalue weighted by atomic mass is 16.5. The van der Waals surface area contributed by atoms with Gasteiger partial charge in [-0.2, -0.15) is 0 Å². The molecule has 0 aromatic heterocycles. The lowest BCUT2D eigenvalue weighted by atomic mass is 10.1. The fraction of sp³-hybridized carbons (Fsp3) is 0.192. The molecule has 7 heteroatoms. The van der Waals surface area contributed by atoms with Gasteiger partial charge in [-0.05, 0) is 54.4 Å². The van der Waals surface area contributed by atoms with Crippen LogP contribution in [0.4, 0.5) is 11.4 Å². The van der Waals surface area contributed by atoms with Crippen LogP contribution in [0.1, 0.15) is 25.3 Å². The third-order valence-corrected chi connectivity index (χ3v) is 4.71.